The number of carbonyl (C=O) groups excluding carboxylic acids is 3. The molecule has 232 valence electrons. The van der Waals surface area contributed by atoms with Crippen LogP contribution in [-0.2, 0) is 19.1 Å². The van der Waals surface area contributed by atoms with E-state index in [4.69, 9.17) is 9.47 Å². The summed E-state index contributed by atoms with van der Waals surface area (Å²) in [5.74, 6) is -0.690. The lowest BCUT2D eigenvalue weighted by Gasteiger charge is -2.35. The first kappa shape index (κ1) is 29.0. The molecular weight excluding hydrogens is 556 g/mol. The number of ether oxygens (including phenoxy) is 2. The van der Waals surface area contributed by atoms with E-state index >= 15 is 0 Å². The minimum atomic E-state index is -1.14. The molecule has 0 radical (unpaired) electrons. The lowest BCUT2D eigenvalue weighted by molar-refractivity contribution is -0.141. The number of hydrogen-bond donors (Lipinski definition) is 2. The molecule has 4 aliphatic heterocycles. The van der Waals surface area contributed by atoms with Gasteiger partial charge in [-0.05, 0) is 75.2 Å². The average molecular weight is 599 g/mol. The van der Waals surface area contributed by atoms with Gasteiger partial charge in [0.1, 0.15) is 23.1 Å². The van der Waals surface area contributed by atoms with Gasteiger partial charge in [-0.1, -0.05) is 56.0 Å². The molecule has 2 N–H and O–H groups in total. The molecule has 2 aromatic carbocycles. The molecule has 3 unspecified atom stereocenters. The highest BCUT2D eigenvalue weighted by atomic mass is 16.5. The van der Waals surface area contributed by atoms with Gasteiger partial charge in [0.15, 0.2) is 0 Å². The second-order valence-corrected chi connectivity index (χ2v) is 12.9. The quantitative estimate of drug-likeness (QED) is 0.413. The first-order chi connectivity index (χ1) is 21.5. The van der Waals surface area contributed by atoms with Crippen LogP contribution < -0.4 is 15.4 Å². The van der Waals surface area contributed by atoms with Crippen LogP contribution in [0.4, 0.5) is 5.69 Å². The van der Waals surface area contributed by atoms with Crippen LogP contribution in [0.25, 0.3) is 0 Å². The molecule has 1 aliphatic carbocycles. The van der Waals surface area contributed by atoms with Gasteiger partial charge in [-0.3, -0.25) is 14.4 Å². The molecule has 1 spiro atoms. The van der Waals surface area contributed by atoms with Gasteiger partial charge >= 0.3 is 0 Å². The number of carbonyl (C=O) groups is 3. The second kappa shape index (κ2) is 12.4. The van der Waals surface area contributed by atoms with Crippen molar-refractivity contribution in [2.24, 2.45) is 11.8 Å². The summed E-state index contributed by atoms with van der Waals surface area (Å²) < 4.78 is 12.4. The van der Waals surface area contributed by atoms with Crippen LogP contribution in [-0.4, -0.2) is 77.5 Å². The van der Waals surface area contributed by atoms with Crippen molar-refractivity contribution in [1.29, 1.82) is 0 Å². The Balaban J connectivity index is 1.09. The molecular formula is C35H42N4O5. The molecule has 3 amide bonds. The summed E-state index contributed by atoms with van der Waals surface area (Å²) in [6.07, 6.45) is 12.0. The molecule has 9 nitrogen and oxygen atoms in total. The summed E-state index contributed by atoms with van der Waals surface area (Å²) in [6, 6.07) is 16.0. The number of anilines is 1. The van der Waals surface area contributed by atoms with E-state index in [1.54, 1.807) is 29.2 Å². The summed E-state index contributed by atoms with van der Waals surface area (Å²) in [5.41, 5.74) is -0.534. The molecule has 2 aromatic rings. The van der Waals surface area contributed by atoms with Gasteiger partial charge < -0.3 is 29.9 Å². The second-order valence-electron chi connectivity index (χ2n) is 12.9. The summed E-state index contributed by atoms with van der Waals surface area (Å²) in [4.78, 5) is 46.2. The first-order valence-corrected chi connectivity index (χ1v) is 16.4. The fraction of sp³-hybridized carbons (Fsp3) is 0.514. The normalized spacial score (nSPS) is 29.9. The molecule has 1 saturated carbocycles. The summed E-state index contributed by atoms with van der Waals surface area (Å²) in [5, 5.41) is 6.28. The number of likely N-dealkylation sites (tertiary alicyclic amines) is 2. The number of nitrogens with zero attached hydrogens (tertiary/aromatic N) is 2. The zero-order valence-corrected chi connectivity index (χ0v) is 25.2. The fourth-order valence-corrected chi connectivity index (χ4v) is 7.92. The van der Waals surface area contributed by atoms with Crippen molar-refractivity contribution in [3.63, 3.8) is 0 Å². The lowest BCUT2D eigenvalue weighted by atomic mass is 9.74. The van der Waals surface area contributed by atoms with E-state index in [0.29, 0.717) is 24.5 Å². The number of fused-ring (bicyclic) bond motifs is 1. The Morgan fingerprint density at radius 1 is 0.864 bits per heavy atom. The molecule has 5 atom stereocenters. The number of piperidine rings is 1. The Morgan fingerprint density at radius 3 is 2.32 bits per heavy atom. The van der Waals surface area contributed by atoms with E-state index in [1.165, 1.54) is 12.8 Å². The third-order valence-electron chi connectivity index (χ3n) is 10.1. The van der Waals surface area contributed by atoms with Crippen molar-refractivity contribution in [3.05, 3.63) is 66.7 Å². The van der Waals surface area contributed by atoms with E-state index in [1.807, 2.05) is 42.5 Å². The third-order valence-corrected chi connectivity index (χ3v) is 10.1. The highest BCUT2D eigenvalue weighted by molar-refractivity contribution is 6.02. The summed E-state index contributed by atoms with van der Waals surface area (Å²) in [7, 11) is 0. The van der Waals surface area contributed by atoms with Gasteiger partial charge in [0.05, 0.1) is 17.9 Å². The lowest BCUT2D eigenvalue weighted by Crippen LogP contribution is -2.57. The maximum Gasteiger partial charge on any atom is 0.246 e. The van der Waals surface area contributed by atoms with Crippen molar-refractivity contribution in [2.75, 3.05) is 31.5 Å². The smallest absolute Gasteiger partial charge is 0.246 e. The number of nitrogens with one attached hydrogen (secondary N) is 2. The molecule has 2 bridgehead atoms. The molecule has 0 aromatic heterocycles. The van der Waals surface area contributed by atoms with E-state index in [-0.39, 0.29) is 23.8 Å². The van der Waals surface area contributed by atoms with E-state index in [0.717, 1.165) is 57.4 Å². The van der Waals surface area contributed by atoms with Crippen molar-refractivity contribution in [2.45, 2.75) is 75.2 Å². The standard InChI is InChI=1S/C35H42N4O5/c40-32(36-25-14-16-27(17-15-25)43-26-12-6-2-7-13-26)29-28-18-19-35(44-28)30(29)34(42)39(23-22-38-20-8-3-9-21-38)31(35)33(41)37-24-10-4-1-5-11-24/h2,6-7,12-19,24,28-31H,1,3-5,8-11,20-23H2,(H,36,40)(H,37,41)/t28-,29?,30-,31?,35?/m1/s1. The topological polar surface area (TPSA) is 100 Å². The summed E-state index contributed by atoms with van der Waals surface area (Å²) in [6.45, 7) is 3.17. The first-order valence-electron chi connectivity index (χ1n) is 16.4. The Kier molecular flexibility index (Phi) is 8.16. The molecule has 9 heteroatoms. The Morgan fingerprint density at radius 2 is 1.57 bits per heavy atom. The van der Waals surface area contributed by atoms with Crippen LogP contribution in [0.3, 0.4) is 0 Å². The van der Waals surface area contributed by atoms with Gasteiger partial charge in [0.2, 0.25) is 17.7 Å². The molecule has 3 saturated heterocycles. The van der Waals surface area contributed by atoms with Crippen LogP contribution >= 0.6 is 0 Å². The largest absolute Gasteiger partial charge is 0.457 e. The maximum absolute atomic E-state index is 14.3. The van der Waals surface area contributed by atoms with E-state index in [9.17, 15) is 14.4 Å². The van der Waals surface area contributed by atoms with Crippen molar-refractivity contribution >= 4 is 23.4 Å². The highest BCUT2D eigenvalue weighted by Crippen LogP contribution is 2.55. The van der Waals surface area contributed by atoms with Crippen LogP contribution in [0, 0.1) is 11.8 Å². The van der Waals surface area contributed by atoms with E-state index in [2.05, 4.69) is 15.5 Å². The number of para-hydroxylation sites is 1. The van der Waals surface area contributed by atoms with Crippen molar-refractivity contribution in [3.8, 4) is 11.5 Å². The van der Waals surface area contributed by atoms with Gasteiger partial charge in [-0.2, -0.15) is 0 Å². The molecule has 7 rings (SSSR count). The van der Waals surface area contributed by atoms with Crippen LogP contribution in [0.15, 0.2) is 66.7 Å². The van der Waals surface area contributed by atoms with Crippen LogP contribution in [0.5, 0.6) is 11.5 Å². The Labute approximate surface area is 258 Å². The molecule has 4 heterocycles. The number of rotatable bonds is 9. The summed E-state index contributed by atoms with van der Waals surface area (Å²) >= 11 is 0. The van der Waals surface area contributed by atoms with Crippen molar-refractivity contribution < 1.29 is 23.9 Å². The zero-order valence-electron chi connectivity index (χ0n) is 25.2. The molecule has 4 fully saturated rings. The van der Waals surface area contributed by atoms with Crippen LogP contribution in [0.1, 0.15) is 51.4 Å². The average Bonchev–Trinajstić information content (AvgIpc) is 3.69. The monoisotopic (exact) mass is 598 g/mol. The van der Waals surface area contributed by atoms with Crippen LogP contribution in [0.2, 0.25) is 0 Å². The number of hydrogen-bond acceptors (Lipinski definition) is 6. The predicted octanol–water partition coefficient (Wildman–Crippen LogP) is 4.50. The van der Waals surface area contributed by atoms with Gasteiger partial charge in [0, 0.05) is 24.8 Å². The zero-order chi connectivity index (χ0) is 30.1. The van der Waals surface area contributed by atoms with E-state index < -0.39 is 29.6 Å². The SMILES string of the molecule is O=C(Nc1ccc(Oc2ccccc2)cc1)C1[C@H]2C=CC3(O2)C(C(=O)NC2CCCCC2)N(CCN2CCCCC2)C(=O)[C@@H]13. The minimum absolute atomic E-state index is 0.112. The predicted molar refractivity (Wildman–Crippen MR) is 166 cm³/mol. The molecule has 44 heavy (non-hydrogen) atoms. The minimum Gasteiger partial charge on any atom is -0.457 e. The van der Waals surface area contributed by atoms with Gasteiger partial charge in [-0.15, -0.1) is 0 Å². The highest BCUT2D eigenvalue weighted by Gasteiger charge is 2.72. The Hall–Kier alpha value is -3.69. The third kappa shape index (κ3) is 5.52. The van der Waals surface area contributed by atoms with Gasteiger partial charge in [0.25, 0.3) is 0 Å². The fourth-order valence-electron chi connectivity index (χ4n) is 7.92. The van der Waals surface area contributed by atoms with Gasteiger partial charge in [-0.25, -0.2) is 0 Å². The maximum atomic E-state index is 14.3. The number of benzene rings is 2. The molecule has 5 aliphatic rings. The van der Waals surface area contributed by atoms with Crippen molar-refractivity contribution in [1.82, 2.24) is 15.1 Å². The number of amides is 3. The Bertz CT molecular complexity index is 1390.